The van der Waals surface area contributed by atoms with E-state index in [1.165, 1.54) is 0 Å². The number of nitrogens with zero attached hydrogens (tertiary/aromatic N) is 1. The smallest absolute Gasteiger partial charge is 0.329 e. The number of amides is 1. The summed E-state index contributed by atoms with van der Waals surface area (Å²) < 4.78 is 4.72. The zero-order chi connectivity index (χ0) is 13.7. The third kappa shape index (κ3) is 3.75. The van der Waals surface area contributed by atoms with Gasteiger partial charge in [0.05, 0.1) is 0 Å². The highest BCUT2D eigenvalue weighted by Gasteiger charge is 2.45. The Morgan fingerprint density at radius 2 is 2.16 bits per heavy atom. The number of rotatable bonds is 7. The van der Waals surface area contributed by atoms with Crippen molar-refractivity contribution < 1.29 is 19.4 Å². The van der Waals surface area contributed by atoms with Crippen molar-refractivity contribution in [3.05, 3.63) is 30.1 Å². The Bertz CT molecular complexity index is 457. The SMILES string of the molecule is O=C(O)COCC(=O)NCC1(c2ccccn2)CC1. The zero-order valence-electron chi connectivity index (χ0n) is 10.5. The summed E-state index contributed by atoms with van der Waals surface area (Å²) in [6.45, 7) is -0.178. The molecule has 0 bridgehead atoms. The molecule has 1 fully saturated rings. The quantitative estimate of drug-likeness (QED) is 0.741. The van der Waals surface area contributed by atoms with Crippen LogP contribution in [0.1, 0.15) is 18.5 Å². The van der Waals surface area contributed by atoms with Crippen molar-refractivity contribution >= 4 is 11.9 Å². The molecule has 102 valence electrons. The molecule has 1 aliphatic carbocycles. The Hall–Kier alpha value is -1.95. The number of aliphatic carboxylic acids is 1. The van der Waals surface area contributed by atoms with Crippen molar-refractivity contribution in [3.63, 3.8) is 0 Å². The van der Waals surface area contributed by atoms with Gasteiger partial charge >= 0.3 is 5.97 Å². The van der Waals surface area contributed by atoms with E-state index in [2.05, 4.69) is 10.3 Å². The molecule has 19 heavy (non-hydrogen) atoms. The number of nitrogens with one attached hydrogen (secondary N) is 1. The number of hydrogen-bond acceptors (Lipinski definition) is 4. The summed E-state index contributed by atoms with van der Waals surface area (Å²) in [5.41, 5.74) is 0.936. The number of carboxylic acid groups (broad SMARTS) is 1. The van der Waals surface area contributed by atoms with Crippen LogP contribution in [0.5, 0.6) is 0 Å². The molecule has 1 heterocycles. The molecule has 6 heteroatoms. The van der Waals surface area contributed by atoms with Gasteiger partial charge in [0.2, 0.25) is 5.91 Å². The fourth-order valence-electron chi connectivity index (χ4n) is 1.90. The van der Waals surface area contributed by atoms with Crippen LogP contribution < -0.4 is 5.32 Å². The van der Waals surface area contributed by atoms with Gasteiger partial charge in [-0.2, -0.15) is 0 Å². The second-order valence-electron chi connectivity index (χ2n) is 4.66. The average molecular weight is 264 g/mol. The molecule has 0 aliphatic heterocycles. The Morgan fingerprint density at radius 3 is 2.74 bits per heavy atom. The van der Waals surface area contributed by atoms with Crippen LogP contribution in [-0.4, -0.2) is 41.7 Å². The van der Waals surface area contributed by atoms with Crippen LogP contribution in [0.2, 0.25) is 0 Å². The molecule has 0 radical (unpaired) electrons. The van der Waals surface area contributed by atoms with Crippen LogP contribution in [0.25, 0.3) is 0 Å². The zero-order valence-corrected chi connectivity index (χ0v) is 10.5. The van der Waals surface area contributed by atoms with Gasteiger partial charge in [-0.15, -0.1) is 0 Å². The summed E-state index contributed by atoms with van der Waals surface area (Å²) in [6, 6.07) is 5.75. The molecule has 1 aromatic rings. The second kappa shape index (κ2) is 5.79. The van der Waals surface area contributed by atoms with Crippen molar-refractivity contribution in [3.8, 4) is 0 Å². The molecule has 1 aromatic heterocycles. The molecule has 2 N–H and O–H groups in total. The first-order valence-electron chi connectivity index (χ1n) is 6.10. The fourth-order valence-corrected chi connectivity index (χ4v) is 1.90. The molecule has 0 saturated heterocycles. The first-order valence-corrected chi connectivity index (χ1v) is 6.10. The third-order valence-electron chi connectivity index (χ3n) is 3.14. The van der Waals surface area contributed by atoms with E-state index < -0.39 is 12.6 Å². The summed E-state index contributed by atoms with van der Waals surface area (Å²) in [6.07, 6.45) is 3.74. The molecule has 1 saturated carbocycles. The minimum atomic E-state index is -1.08. The van der Waals surface area contributed by atoms with Crippen LogP contribution in [0.15, 0.2) is 24.4 Å². The van der Waals surface area contributed by atoms with Crippen molar-refractivity contribution in [2.45, 2.75) is 18.3 Å². The summed E-state index contributed by atoms with van der Waals surface area (Å²) in [5, 5.41) is 11.1. The van der Waals surface area contributed by atoms with E-state index in [-0.39, 0.29) is 17.9 Å². The molecule has 0 unspecified atom stereocenters. The Morgan fingerprint density at radius 1 is 1.37 bits per heavy atom. The van der Waals surface area contributed by atoms with E-state index >= 15 is 0 Å². The van der Waals surface area contributed by atoms with Gasteiger partial charge in [-0.1, -0.05) is 6.07 Å². The normalized spacial score (nSPS) is 15.8. The van der Waals surface area contributed by atoms with Crippen molar-refractivity contribution in [1.82, 2.24) is 10.3 Å². The second-order valence-corrected chi connectivity index (χ2v) is 4.66. The maximum absolute atomic E-state index is 11.5. The lowest BCUT2D eigenvalue weighted by atomic mass is 10.0. The van der Waals surface area contributed by atoms with E-state index in [4.69, 9.17) is 9.84 Å². The molecule has 0 spiro atoms. The summed E-state index contributed by atoms with van der Waals surface area (Å²) in [5.74, 6) is -1.39. The summed E-state index contributed by atoms with van der Waals surface area (Å²) in [4.78, 5) is 26.0. The number of carbonyl (C=O) groups is 2. The lowest BCUT2D eigenvalue weighted by molar-refractivity contribution is -0.143. The number of carbonyl (C=O) groups excluding carboxylic acids is 1. The number of aromatic nitrogens is 1. The van der Waals surface area contributed by atoms with Gasteiger partial charge in [0, 0.05) is 23.9 Å². The number of hydrogen-bond donors (Lipinski definition) is 2. The first kappa shape index (κ1) is 13.5. The van der Waals surface area contributed by atoms with Gasteiger partial charge in [-0.05, 0) is 25.0 Å². The predicted octanol–water partition coefficient (Wildman–Crippen LogP) is 0.331. The molecule has 1 aliphatic rings. The Labute approximate surface area is 110 Å². The van der Waals surface area contributed by atoms with Crippen LogP contribution in [0.4, 0.5) is 0 Å². The van der Waals surface area contributed by atoms with E-state index in [0.717, 1.165) is 18.5 Å². The highest BCUT2D eigenvalue weighted by molar-refractivity contribution is 5.77. The van der Waals surface area contributed by atoms with Gasteiger partial charge in [-0.3, -0.25) is 9.78 Å². The maximum Gasteiger partial charge on any atom is 0.329 e. The minimum Gasteiger partial charge on any atom is -0.480 e. The van der Waals surface area contributed by atoms with Crippen LogP contribution in [0, 0.1) is 0 Å². The van der Waals surface area contributed by atoms with Gasteiger partial charge < -0.3 is 15.2 Å². The van der Waals surface area contributed by atoms with E-state index in [0.29, 0.717) is 6.54 Å². The monoisotopic (exact) mass is 264 g/mol. The summed E-state index contributed by atoms with van der Waals surface area (Å²) in [7, 11) is 0. The Balaban J connectivity index is 1.76. The fraction of sp³-hybridized carbons (Fsp3) is 0.462. The number of ether oxygens (including phenoxy) is 1. The van der Waals surface area contributed by atoms with Crippen molar-refractivity contribution in [1.29, 1.82) is 0 Å². The van der Waals surface area contributed by atoms with E-state index in [1.807, 2.05) is 18.2 Å². The van der Waals surface area contributed by atoms with Gasteiger partial charge in [-0.25, -0.2) is 4.79 Å². The average Bonchev–Trinajstić information content (AvgIpc) is 3.18. The summed E-state index contributed by atoms with van der Waals surface area (Å²) >= 11 is 0. The lowest BCUT2D eigenvalue weighted by Gasteiger charge is -2.15. The molecule has 6 nitrogen and oxygen atoms in total. The first-order chi connectivity index (χ1) is 9.12. The van der Waals surface area contributed by atoms with Gasteiger partial charge in [0.25, 0.3) is 0 Å². The molecule has 0 atom stereocenters. The van der Waals surface area contributed by atoms with Gasteiger partial charge in [0.15, 0.2) is 0 Å². The molecule has 1 amide bonds. The van der Waals surface area contributed by atoms with E-state index in [1.54, 1.807) is 6.20 Å². The Kier molecular flexibility index (Phi) is 4.11. The topological polar surface area (TPSA) is 88.5 Å². The lowest BCUT2D eigenvalue weighted by Crippen LogP contribution is -2.35. The highest BCUT2D eigenvalue weighted by Crippen LogP contribution is 2.46. The minimum absolute atomic E-state index is 0.0519. The standard InChI is InChI=1S/C13H16N2O4/c16-11(7-19-8-12(17)18)15-9-13(4-5-13)10-3-1-2-6-14-10/h1-3,6H,4-5,7-9H2,(H,15,16)(H,17,18). The largest absolute Gasteiger partial charge is 0.480 e. The third-order valence-corrected chi connectivity index (χ3v) is 3.14. The highest BCUT2D eigenvalue weighted by atomic mass is 16.5. The van der Waals surface area contributed by atoms with Crippen LogP contribution >= 0.6 is 0 Å². The molecule has 0 aromatic carbocycles. The van der Waals surface area contributed by atoms with Crippen molar-refractivity contribution in [2.75, 3.05) is 19.8 Å². The predicted molar refractivity (Wildman–Crippen MR) is 66.6 cm³/mol. The van der Waals surface area contributed by atoms with Crippen LogP contribution in [-0.2, 0) is 19.7 Å². The molecular weight excluding hydrogens is 248 g/mol. The van der Waals surface area contributed by atoms with Crippen molar-refractivity contribution in [2.24, 2.45) is 0 Å². The molecular formula is C13H16N2O4. The molecule has 2 rings (SSSR count). The van der Waals surface area contributed by atoms with E-state index in [9.17, 15) is 9.59 Å². The number of pyridine rings is 1. The maximum atomic E-state index is 11.5. The number of carboxylic acids is 1. The van der Waals surface area contributed by atoms with Crippen LogP contribution in [0.3, 0.4) is 0 Å². The van der Waals surface area contributed by atoms with Gasteiger partial charge in [0.1, 0.15) is 13.2 Å².